The van der Waals surface area contributed by atoms with Crippen molar-refractivity contribution >= 4 is 52.2 Å². The minimum Gasteiger partial charge on any atom is -0.482 e. The van der Waals surface area contributed by atoms with Crippen LogP contribution in [0.2, 0.25) is 0 Å². The van der Waals surface area contributed by atoms with Crippen LogP contribution < -0.4 is 35.0 Å². The lowest BCUT2D eigenvalue weighted by Crippen LogP contribution is -2.46. The Morgan fingerprint density at radius 1 is 0.708 bits per heavy atom. The Hall–Kier alpha value is -5.84. The maximum absolute atomic E-state index is 13.8. The molecule has 0 spiro atoms. The van der Waals surface area contributed by atoms with Gasteiger partial charge in [0.05, 0.1) is 12.2 Å². The maximum atomic E-state index is 13.8. The van der Waals surface area contributed by atoms with Crippen LogP contribution in [0.1, 0.15) is 12.8 Å². The van der Waals surface area contributed by atoms with E-state index in [-0.39, 0.29) is 36.4 Å². The van der Waals surface area contributed by atoms with Crippen LogP contribution in [0.15, 0.2) is 109 Å². The van der Waals surface area contributed by atoms with E-state index in [2.05, 4.69) is 15.5 Å². The summed E-state index contributed by atoms with van der Waals surface area (Å²) in [5.74, 6) is -0.984. The van der Waals surface area contributed by atoms with E-state index in [1.165, 1.54) is 14.7 Å². The molecule has 1 heterocycles. The van der Waals surface area contributed by atoms with E-state index in [0.29, 0.717) is 17.1 Å². The number of para-hydroxylation sites is 4. The lowest BCUT2D eigenvalue weighted by atomic mass is 10.2. The molecule has 5 amide bonds. The van der Waals surface area contributed by atoms with Gasteiger partial charge >= 0.3 is 6.03 Å². The van der Waals surface area contributed by atoms with Crippen molar-refractivity contribution in [2.24, 2.45) is 0 Å². The van der Waals surface area contributed by atoms with Gasteiger partial charge < -0.3 is 30.1 Å². The summed E-state index contributed by atoms with van der Waals surface area (Å²) in [5.41, 5.74) is 3.27. The lowest BCUT2D eigenvalue weighted by Gasteiger charge is -2.27. The van der Waals surface area contributed by atoms with Crippen LogP contribution in [0, 0.1) is 0 Å². The van der Waals surface area contributed by atoms with Crippen molar-refractivity contribution in [3.05, 3.63) is 109 Å². The number of anilines is 5. The Morgan fingerprint density at radius 3 is 1.98 bits per heavy atom. The van der Waals surface area contributed by atoms with E-state index in [4.69, 9.17) is 4.74 Å². The normalized spacial score (nSPS) is 12.2. The van der Waals surface area contributed by atoms with Crippen molar-refractivity contribution in [2.75, 3.05) is 71.8 Å². The number of ether oxygens (including phenoxy) is 1. The molecule has 11 heteroatoms. The zero-order chi connectivity index (χ0) is 33.9. The van der Waals surface area contributed by atoms with Crippen LogP contribution in [-0.4, -0.2) is 70.6 Å². The van der Waals surface area contributed by atoms with Gasteiger partial charge in [-0.3, -0.25) is 19.3 Å². The van der Waals surface area contributed by atoms with Crippen molar-refractivity contribution in [1.29, 1.82) is 0 Å². The van der Waals surface area contributed by atoms with Gasteiger partial charge in [0.25, 0.3) is 5.91 Å². The van der Waals surface area contributed by atoms with Crippen molar-refractivity contribution in [3.63, 3.8) is 0 Å². The first-order valence-corrected chi connectivity index (χ1v) is 15.9. The molecule has 0 radical (unpaired) electrons. The SMILES string of the molecule is CN(C(=O)COc1ccccc1N(CC(=O)N(C)c1ccccc1)C(=O)CNC(=O)Nc1cccc(N2CCCC2)c1)c1ccccc1. The number of carbonyl (C=O) groups excluding carboxylic acids is 4. The number of hydrogen-bond donors (Lipinski definition) is 2. The molecule has 1 saturated heterocycles. The molecule has 0 saturated carbocycles. The lowest BCUT2D eigenvalue weighted by molar-refractivity contribution is -0.121. The number of carbonyl (C=O) groups is 4. The van der Waals surface area contributed by atoms with E-state index >= 15 is 0 Å². The number of rotatable bonds is 12. The monoisotopic (exact) mass is 648 g/mol. The average molecular weight is 649 g/mol. The molecule has 1 fully saturated rings. The number of likely N-dealkylation sites (N-methyl/N-ethyl adjacent to an activating group) is 2. The minimum absolute atomic E-state index is 0.235. The summed E-state index contributed by atoms with van der Waals surface area (Å²) in [6, 6.07) is 31.9. The molecule has 4 aromatic rings. The molecule has 248 valence electrons. The number of urea groups is 1. The van der Waals surface area contributed by atoms with E-state index in [0.717, 1.165) is 31.6 Å². The molecule has 0 aliphatic carbocycles. The summed E-state index contributed by atoms with van der Waals surface area (Å²) < 4.78 is 5.94. The fourth-order valence-electron chi connectivity index (χ4n) is 5.36. The second-order valence-electron chi connectivity index (χ2n) is 11.4. The highest BCUT2D eigenvalue weighted by atomic mass is 16.5. The fourth-order valence-corrected chi connectivity index (χ4v) is 5.36. The van der Waals surface area contributed by atoms with Crippen LogP contribution in [0.4, 0.5) is 33.2 Å². The molecular formula is C37H40N6O5. The van der Waals surface area contributed by atoms with Crippen molar-refractivity contribution in [1.82, 2.24) is 5.32 Å². The number of benzene rings is 4. The second-order valence-corrected chi connectivity index (χ2v) is 11.4. The Bertz CT molecular complexity index is 1710. The summed E-state index contributed by atoms with van der Waals surface area (Å²) in [5, 5.41) is 5.42. The predicted molar refractivity (Wildman–Crippen MR) is 189 cm³/mol. The summed E-state index contributed by atoms with van der Waals surface area (Å²) in [7, 11) is 3.28. The highest BCUT2D eigenvalue weighted by Gasteiger charge is 2.25. The molecule has 4 aromatic carbocycles. The highest BCUT2D eigenvalue weighted by molar-refractivity contribution is 6.06. The van der Waals surface area contributed by atoms with Gasteiger partial charge in [0.2, 0.25) is 11.8 Å². The predicted octanol–water partition coefficient (Wildman–Crippen LogP) is 5.15. The van der Waals surface area contributed by atoms with E-state index in [1.807, 2.05) is 66.7 Å². The zero-order valence-electron chi connectivity index (χ0n) is 27.2. The van der Waals surface area contributed by atoms with Gasteiger partial charge in [-0.15, -0.1) is 0 Å². The summed E-state index contributed by atoms with van der Waals surface area (Å²) in [4.78, 5) is 59.6. The number of amides is 5. The topological polar surface area (TPSA) is 115 Å². The van der Waals surface area contributed by atoms with E-state index in [1.54, 1.807) is 56.6 Å². The number of nitrogens with zero attached hydrogens (tertiary/aromatic N) is 4. The first kappa shape index (κ1) is 33.5. The molecule has 1 aliphatic rings. The molecule has 1 aliphatic heterocycles. The van der Waals surface area contributed by atoms with Crippen LogP contribution in [-0.2, 0) is 14.4 Å². The molecule has 0 bridgehead atoms. The van der Waals surface area contributed by atoms with Gasteiger partial charge in [0.1, 0.15) is 12.3 Å². The largest absolute Gasteiger partial charge is 0.482 e. The zero-order valence-corrected chi connectivity index (χ0v) is 27.2. The van der Waals surface area contributed by atoms with Crippen LogP contribution in [0.5, 0.6) is 5.75 Å². The molecule has 0 atom stereocenters. The molecule has 0 unspecified atom stereocenters. The fraction of sp³-hybridized carbons (Fsp3) is 0.243. The molecule has 2 N–H and O–H groups in total. The van der Waals surface area contributed by atoms with Gasteiger partial charge in [0, 0.05) is 49.9 Å². The van der Waals surface area contributed by atoms with Crippen molar-refractivity contribution in [3.8, 4) is 5.75 Å². The molecule has 11 nitrogen and oxygen atoms in total. The van der Waals surface area contributed by atoms with Crippen molar-refractivity contribution < 1.29 is 23.9 Å². The van der Waals surface area contributed by atoms with Gasteiger partial charge in [-0.2, -0.15) is 0 Å². The third-order valence-corrected chi connectivity index (χ3v) is 8.11. The highest BCUT2D eigenvalue weighted by Crippen LogP contribution is 2.29. The minimum atomic E-state index is -0.561. The molecule has 48 heavy (non-hydrogen) atoms. The Morgan fingerprint density at radius 2 is 1.31 bits per heavy atom. The van der Waals surface area contributed by atoms with Crippen LogP contribution in [0.25, 0.3) is 0 Å². The quantitative estimate of drug-likeness (QED) is 0.220. The maximum Gasteiger partial charge on any atom is 0.319 e. The standard InChI is InChI=1S/C37H40N6O5/c1-40(29-15-5-3-6-16-29)35(45)26-43(32-20-9-10-21-33(32)48-27-36(46)41(2)30-17-7-4-8-18-30)34(44)25-38-37(47)39-28-14-13-19-31(24-28)42-22-11-12-23-42/h3-10,13-21,24H,11-12,22-23,25-27H2,1-2H3,(H2,38,39,47). The Labute approximate surface area is 280 Å². The molecular weight excluding hydrogens is 608 g/mol. The number of nitrogens with one attached hydrogen (secondary N) is 2. The van der Waals surface area contributed by atoms with Crippen LogP contribution >= 0.6 is 0 Å². The molecule has 5 rings (SSSR count). The molecule has 0 aromatic heterocycles. The summed E-state index contributed by atoms with van der Waals surface area (Å²) in [6.45, 7) is 0.898. The first-order chi connectivity index (χ1) is 23.3. The van der Waals surface area contributed by atoms with Gasteiger partial charge in [0.15, 0.2) is 6.61 Å². The van der Waals surface area contributed by atoms with Gasteiger partial charge in [-0.25, -0.2) is 4.79 Å². The summed E-state index contributed by atoms with van der Waals surface area (Å²) in [6.07, 6.45) is 2.27. The first-order valence-electron chi connectivity index (χ1n) is 15.9. The van der Waals surface area contributed by atoms with E-state index < -0.39 is 18.5 Å². The van der Waals surface area contributed by atoms with Gasteiger partial charge in [-0.1, -0.05) is 54.6 Å². The number of hydrogen-bond acceptors (Lipinski definition) is 6. The summed E-state index contributed by atoms with van der Waals surface area (Å²) >= 11 is 0. The second kappa shape index (κ2) is 16.1. The average Bonchev–Trinajstić information content (AvgIpc) is 3.68. The third-order valence-electron chi connectivity index (χ3n) is 8.11. The smallest absolute Gasteiger partial charge is 0.319 e. The van der Waals surface area contributed by atoms with Gasteiger partial charge in [-0.05, 0) is 67.4 Å². The van der Waals surface area contributed by atoms with E-state index in [9.17, 15) is 19.2 Å². The Balaban J connectivity index is 1.30. The Kier molecular flexibility index (Phi) is 11.3. The van der Waals surface area contributed by atoms with Crippen molar-refractivity contribution in [2.45, 2.75) is 12.8 Å². The van der Waals surface area contributed by atoms with Crippen LogP contribution in [0.3, 0.4) is 0 Å². The third kappa shape index (κ3) is 8.69.